The molecule has 45 heavy (non-hydrogen) atoms. The topological polar surface area (TPSA) is 137 Å². The molecule has 0 saturated heterocycles. The van der Waals surface area contributed by atoms with Crippen LogP contribution in [0.4, 0.5) is 4.79 Å². The van der Waals surface area contributed by atoms with E-state index in [1.807, 2.05) is 6.92 Å². The van der Waals surface area contributed by atoms with Crippen LogP contribution in [0.5, 0.6) is 0 Å². The van der Waals surface area contributed by atoms with Crippen LogP contribution in [0.2, 0.25) is 0 Å². The van der Waals surface area contributed by atoms with Crippen LogP contribution in [0.15, 0.2) is 53.4 Å². The van der Waals surface area contributed by atoms with Crippen LogP contribution in [0.3, 0.4) is 0 Å². The molecule has 1 unspecified atom stereocenters. The maximum absolute atomic E-state index is 12.5. The summed E-state index contributed by atoms with van der Waals surface area (Å²) in [6.45, 7) is 4.28. The molecule has 11 heteroatoms. The molecule has 4 rings (SSSR count). The molecule has 2 aromatic carbocycles. The molecule has 1 fully saturated rings. The highest BCUT2D eigenvalue weighted by atomic mass is 32.2. The molecule has 0 radical (unpaired) electrons. The highest BCUT2D eigenvalue weighted by Gasteiger charge is 2.49. The van der Waals surface area contributed by atoms with Gasteiger partial charge in [-0.15, -0.1) is 11.8 Å². The maximum Gasteiger partial charge on any atom is 0.407 e. The standard InChI is InChI=1S/C34H42N2O8S/c1-25-8-14-28(15-9-25)45(40,41)23-16-32(37)26-10-12-27(13-11-26)33(38)35-17-19-42-21-22-43-20-18-36-34(39)44-24-31-29-6-4-2-3-5-7-30(29)31/h8-15,29-31H,4-7,16-24H2,1H3,(H,35,38)(H,36,39)/t29-,30+,31?. The summed E-state index contributed by atoms with van der Waals surface area (Å²) in [4.78, 5) is 37.1. The minimum Gasteiger partial charge on any atom is -0.449 e. The van der Waals surface area contributed by atoms with Crippen molar-refractivity contribution in [2.24, 2.45) is 17.8 Å². The third-order valence-electron chi connectivity index (χ3n) is 8.11. The van der Waals surface area contributed by atoms with Crippen molar-refractivity contribution >= 4 is 27.6 Å². The molecule has 3 atom stereocenters. The van der Waals surface area contributed by atoms with Crippen molar-refractivity contribution < 1.29 is 37.0 Å². The van der Waals surface area contributed by atoms with Gasteiger partial charge < -0.3 is 24.8 Å². The summed E-state index contributed by atoms with van der Waals surface area (Å²) in [6, 6.07) is 12.6. The fourth-order valence-electron chi connectivity index (χ4n) is 5.43. The predicted molar refractivity (Wildman–Crippen MR) is 169 cm³/mol. The Morgan fingerprint density at radius 1 is 0.800 bits per heavy atom. The van der Waals surface area contributed by atoms with Crippen molar-refractivity contribution in [3.05, 3.63) is 65.2 Å². The highest BCUT2D eigenvalue weighted by Crippen LogP contribution is 2.52. The van der Waals surface area contributed by atoms with E-state index in [9.17, 15) is 22.8 Å². The van der Waals surface area contributed by atoms with E-state index in [4.69, 9.17) is 14.2 Å². The van der Waals surface area contributed by atoms with Crippen molar-refractivity contribution in [3.8, 4) is 11.8 Å². The Labute approximate surface area is 265 Å². The first kappa shape index (κ1) is 34.2. The molecule has 2 N–H and O–H groups in total. The molecule has 2 aromatic rings. The number of carbonyl (C=O) groups is 3. The van der Waals surface area contributed by atoms with E-state index in [2.05, 4.69) is 22.5 Å². The molecule has 0 spiro atoms. The number of nitrogens with one attached hydrogen (secondary N) is 2. The minimum atomic E-state index is -3.56. The number of ether oxygens (including phenoxy) is 3. The molecule has 2 aliphatic rings. The maximum atomic E-state index is 12.5. The summed E-state index contributed by atoms with van der Waals surface area (Å²) in [5.74, 6) is 7.21. The molecule has 0 aromatic heterocycles. The van der Waals surface area contributed by atoms with Crippen molar-refractivity contribution in [2.45, 2.75) is 43.9 Å². The van der Waals surface area contributed by atoms with Gasteiger partial charge >= 0.3 is 6.09 Å². The van der Waals surface area contributed by atoms with E-state index in [0.29, 0.717) is 75.0 Å². The van der Waals surface area contributed by atoms with Gasteiger partial charge in [0.2, 0.25) is 0 Å². The number of sulfone groups is 1. The van der Waals surface area contributed by atoms with E-state index in [-0.39, 0.29) is 28.8 Å². The number of benzene rings is 2. The lowest BCUT2D eigenvalue weighted by Gasteiger charge is -2.09. The van der Waals surface area contributed by atoms with Gasteiger partial charge in [0.05, 0.1) is 43.7 Å². The van der Waals surface area contributed by atoms with Crippen LogP contribution < -0.4 is 10.6 Å². The molecule has 1 saturated carbocycles. The molecule has 242 valence electrons. The first-order valence-electron chi connectivity index (χ1n) is 15.5. The van der Waals surface area contributed by atoms with E-state index < -0.39 is 15.9 Å². The average Bonchev–Trinajstić information content (AvgIpc) is 3.68. The summed E-state index contributed by atoms with van der Waals surface area (Å²) < 4.78 is 41.3. The number of hydrogen-bond donors (Lipinski definition) is 2. The SMILES string of the molecule is Cc1ccc(S(=O)(=O)CCC(=O)c2ccc(C(=O)NCCOCCOCCNC(=O)OCC3[C@H]4CCC#CCC[C@@H]34)cc2)cc1. The number of hydrogen-bond acceptors (Lipinski definition) is 8. The molecular weight excluding hydrogens is 596 g/mol. The average molecular weight is 639 g/mol. The van der Waals surface area contributed by atoms with Gasteiger partial charge in [0, 0.05) is 43.5 Å². The number of aryl methyl sites for hydroxylation is 1. The summed E-state index contributed by atoms with van der Waals surface area (Å²) in [6.07, 6.45) is 3.50. The van der Waals surface area contributed by atoms with Crippen LogP contribution in [-0.2, 0) is 24.0 Å². The van der Waals surface area contributed by atoms with Gasteiger partial charge in [0.1, 0.15) is 0 Å². The lowest BCUT2D eigenvalue weighted by atomic mass is 10.1. The number of fused-ring (bicyclic) bond motifs is 1. The summed E-state index contributed by atoms with van der Waals surface area (Å²) in [5.41, 5.74) is 1.68. The van der Waals surface area contributed by atoms with Gasteiger partial charge in [-0.3, -0.25) is 9.59 Å². The zero-order chi connectivity index (χ0) is 32.1. The smallest absolute Gasteiger partial charge is 0.407 e. The zero-order valence-electron chi connectivity index (χ0n) is 25.7. The molecule has 0 bridgehead atoms. The van der Waals surface area contributed by atoms with Crippen molar-refractivity contribution in [3.63, 3.8) is 0 Å². The largest absolute Gasteiger partial charge is 0.449 e. The van der Waals surface area contributed by atoms with E-state index >= 15 is 0 Å². The summed E-state index contributed by atoms with van der Waals surface area (Å²) in [5, 5.41) is 5.45. The van der Waals surface area contributed by atoms with E-state index in [0.717, 1.165) is 31.2 Å². The first-order valence-corrected chi connectivity index (χ1v) is 17.1. The Balaban J connectivity index is 0.995. The summed E-state index contributed by atoms with van der Waals surface area (Å²) >= 11 is 0. The molecule has 2 amide bonds. The molecule has 0 aliphatic heterocycles. The number of carbonyl (C=O) groups excluding carboxylic acids is 3. The third-order valence-corrected chi connectivity index (χ3v) is 9.84. The van der Waals surface area contributed by atoms with Gasteiger partial charge in [0.15, 0.2) is 15.6 Å². The van der Waals surface area contributed by atoms with Crippen LogP contribution >= 0.6 is 0 Å². The number of ketones is 1. The van der Waals surface area contributed by atoms with Crippen molar-refractivity contribution in [1.29, 1.82) is 0 Å². The number of amides is 2. The zero-order valence-corrected chi connectivity index (χ0v) is 26.5. The molecule has 10 nitrogen and oxygen atoms in total. The Hall–Kier alpha value is -3.72. The Kier molecular flexibility index (Phi) is 13.0. The second-order valence-electron chi connectivity index (χ2n) is 11.3. The van der Waals surface area contributed by atoms with Gasteiger partial charge in [-0.25, -0.2) is 13.2 Å². The fourth-order valence-corrected chi connectivity index (χ4v) is 6.67. The van der Waals surface area contributed by atoms with Crippen LogP contribution in [0.1, 0.15) is 58.4 Å². The molecule has 0 heterocycles. The number of Topliss-reactive ketones (excluding diaryl/α,β-unsaturated/α-hetero) is 1. The second-order valence-corrected chi connectivity index (χ2v) is 13.4. The van der Waals surface area contributed by atoms with Crippen molar-refractivity contribution in [2.75, 3.05) is 51.9 Å². The lowest BCUT2D eigenvalue weighted by Crippen LogP contribution is -2.29. The normalized spacial score (nSPS) is 18.7. The third kappa shape index (κ3) is 11.0. The van der Waals surface area contributed by atoms with E-state index in [1.165, 1.54) is 24.3 Å². The van der Waals surface area contributed by atoms with Crippen LogP contribution in [0.25, 0.3) is 0 Å². The highest BCUT2D eigenvalue weighted by molar-refractivity contribution is 7.91. The predicted octanol–water partition coefficient (Wildman–Crippen LogP) is 3.97. The van der Waals surface area contributed by atoms with E-state index in [1.54, 1.807) is 24.3 Å². The fraction of sp³-hybridized carbons (Fsp3) is 0.500. The minimum absolute atomic E-state index is 0.149. The second kappa shape index (κ2) is 17.1. The first-order chi connectivity index (χ1) is 21.7. The van der Waals surface area contributed by atoms with Gasteiger partial charge in [-0.05, 0) is 61.8 Å². The van der Waals surface area contributed by atoms with Gasteiger partial charge in [-0.2, -0.15) is 0 Å². The van der Waals surface area contributed by atoms with Crippen LogP contribution in [-0.4, -0.2) is 78.1 Å². The molecular formula is C34H42N2O8S. The summed E-state index contributed by atoms with van der Waals surface area (Å²) in [7, 11) is -3.56. The number of alkyl carbamates (subject to hydrolysis) is 1. The van der Waals surface area contributed by atoms with Crippen LogP contribution in [0, 0.1) is 36.5 Å². The Bertz CT molecular complexity index is 1440. The molecule has 2 aliphatic carbocycles. The Morgan fingerprint density at radius 3 is 2.00 bits per heavy atom. The monoisotopic (exact) mass is 638 g/mol. The van der Waals surface area contributed by atoms with Gasteiger partial charge in [0.25, 0.3) is 5.91 Å². The quantitative estimate of drug-likeness (QED) is 0.151. The van der Waals surface area contributed by atoms with Gasteiger partial charge in [-0.1, -0.05) is 29.8 Å². The van der Waals surface area contributed by atoms with Crippen molar-refractivity contribution in [1.82, 2.24) is 10.6 Å². The Morgan fingerprint density at radius 2 is 1.38 bits per heavy atom. The lowest BCUT2D eigenvalue weighted by molar-refractivity contribution is 0.0486. The number of rotatable bonds is 17.